The summed E-state index contributed by atoms with van der Waals surface area (Å²) in [5, 5.41) is 54.4. The van der Waals surface area contributed by atoms with Crippen molar-refractivity contribution in [2.45, 2.75) is 314 Å². The highest BCUT2D eigenvalue weighted by atomic mass is 16.7. The van der Waals surface area contributed by atoms with E-state index in [2.05, 4.69) is 92.1 Å². The van der Waals surface area contributed by atoms with Crippen LogP contribution in [0.15, 0.2) is 85.1 Å². The molecule has 1 saturated heterocycles. The lowest BCUT2D eigenvalue weighted by atomic mass is 9.99. The van der Waals surface area contributed by atoms with Crippen LogP contribution >= 0.6 is 0 Å². The minimum Gasteiger partial charge on any atom is -0.466 e. The zero-order chi connectivity index (χ0) is 57.3. The van der Waals surface area contributed by atoms with Gasteiger partial charge in [-0.3, -0.25) is 9.59 Å². The van der Waals surface area contributed by atoms with Crippen molar-refractivity contribution in [2.24, 2.45) is 0 Å². The van der Waals surface area contributed by atoms with Crippen LogP contribution in [0.3, 0.4) is 0 Å². The average molecular weight is 1110 g/mol. The highest BCUT2D eigenvalue weighted by Crippen LogP contribution is 2.23. The number of amides is 1. The molecule has 0 radical (unpaired) electrons. The van der Waals surface area contributed by atoms with Gasteiger partial charge in [0.1, 0.15) is 24.4 Å². The largest absolute Gasteiger partial charge is 0.466 e. The minimum atomic E-state index is -1.59. The number of unbranched alkanes of at least 4 members (excludes halogenated alkanes) is 29. The first-order valence-corrected chi connectivity index (χ1v) is 32.4. The van der Waals surface area contributed by atoms with Gasteiger partial charge in [0.25, 0.3) is 0 Å². The molecule has 1 rings (SSSR count). The molecule has 0 spiro atoms. The van der Waals surface area contributed by atoms with Crippen molar-refractivity contribution in [1.29, 1.82) is 0 Å². The van der Waals surface area contributed by atoms with Gasteiger partial charge in [0.15, 0.2) is 6.29 Å². The monoisotopic (exact) mass is 1110 g/mol. The first-order valence-electron chi connectivity index (χ1n) is 32.4. The van der Waals surface area contributed by atoms with Gasteiger partial charge in [0, 0.05) is 12.8 Å². The lowest BCUT2D eigenvalue weighted by Crippen LogP contribution is -2.60. The number of hydrogen-bond donors (Lipinski definition) is 6. The van der Waals surface area contributed by atoms with E-state index < -0.39 is 49.5 Å². The van der Waals surface area contributed by atoms with Crippen molar-refractivity contribution in [3.63, 3.8) is 0 Å². The van der Waals surface area contributed by atoms with E-state index in [-0.39, 0.29) is 18.5 Å². The van der Waals surface area contributed by atoms with Gasteiger partial charge in [-0.05, 0) is 116 Å². The molecule has 0 aromatic carbocycles. The van der Waals surface area contributed by atoms with E-state index in [0.29, 0.717) is 19.4 Å². The Morgan fingerprint density at radius 2 is 0.873 bits per heavy atom. The van der Waals surface area contributed by atoms with E-state index >= 15 is 0 Å². The summed E-state index contributed by atoms with van der Waals surface area (Å²) in [6.45, 7) is 4.24. The molecule has 456 valence electrons. The summed E-state index contributed by atoms with van der Waals surface area (Å²) in [6.07, 6.45) is 66.8. The summed E-state index contributed by atoms with van der Waals surface area (Å²) in [7, 11) is 0. The van der Waals surface area contributed by atoms with Crippen LogP contribution in [0.2, 0.25) is 0 Å². The van der Waals surface area contributed by atoms with Crippen LogP contribution in [-0.2, 0) is 23.8 Å². The third-order valence-electron chi connectivity index (χ3n) is 14.7. The molecule has 11 nitrogen and oxygen atoms in total. The second-order valence-electron chi connectivity index (χ2n) is 22.1. The zero-order valence-electron chi connectivity index (χ0n) is 50.3. The molecular weight excluding hydrogens is 991 g/mol. The standard InChI is InChI=1S/C68H119NO10/c1-3-5-7-9-11-13-15-17-30-34-38-42-46-50-54-61(71)60(59-78-68-67(76)66(75)65(74)62(58-70)79-68)69-63(72)55-51-47-43-39-35-31-28-26-24-22-20-19-21-23-25-27-29-33-37-41-45-49-53-57-77-64(73)56-52-48-44-40-36-32-18-16-14-12-10-8-6-4-2/h10,12-13,15-16,18-19,21-22,24,34,38,50,54,60-62,65-68,70-71,74-76H,3-9,11,14,17,20,23,25-33,35-37,39-49,51-53,55-59H2,1-2H3,(H,69,72)/b12-10-,15-13+,18-16-,21-19-,24-22-,38-34+,54-50+. The Kier molecular flexibility index (Phi) is 53.0. The predicted octanol–water partition coefficient (Wildman–Crippen LogP) is 15.7. The number of aliphatic hydroxyl groups excluding tert-OH is 5. The molecule has 0 bridgehead atoms. The van der Waals surface area contributed by atoms with E-state index in [1.807, 2.05) is 6.08 Å². The fourth-order valence-electron chi connectivity index (χ4n) is 9.51. The van der Waals surface area contributed by atoms with Gasteiger partial charge in [-0.2, -0.15) is 0 Å². The fraction of sp³-hybridized carbons (Fsp3) is 0.765. The molecule has 79 heavy (non-hydrogen) atoms. The Morgan fingerprint density at radius 1 is 0.468 bits per heavy atom. The molecule has 1 amide bonds. The number of aliphatic hydroxyl groups is 5. The van der Waals surface area contributed by atoms with Gasteiger partial charge < -0.3 is 45.1 Å². The fourth-order valence-corrected chi connectivity index (χ4v) is 9.51. The Bertz CT molecular complexity index is 1590. The number of nitrogens with one attached hydrogen (secondary N) is 1. The number of allylic oxidation sites excluding steroid dienone is 13. The quantitative estimate of drug-likeness (QED) is 0.0195. The molecule has 7 atom stereocenters. The number of ether oxygens (including phenoxy) is 3. The van der Waals surface area contributed by atoms with Crippen LogP contribution in [0.1, 0.15) is 271 Å². The molecule has 0 aromatic heterocycles. The number of carbonyl (C=O) groups excluding carboxylic acids is 2. The lowest BCUT2D eigenvalue weighted by molar-refractivity contribution is -0.302. The smallest absolute Gasteiger partial charge is 0.305 e. The highest BCUT2D eigenvalue weighted by Gasteiger charge is 2.44. The molecule has 0 aliphatic carbocycles. The van der Waals surface area contributed by atoms with Crippen LogP contribution in [0, 0.1) is 0 Å². The molecular formula is C68H119NO10. The van der Waals surface area contributed by atoms with Gasteiger partial charge in [0.05, 0.1) is 32.0 Å². The maximum atomic E-state index is 13.0. The molecule has 1 aliphatic heterocycles. The normalized spacial score (nSPS) is 19.0. The summed E-state index contributed by atoms with van der Waals surface area (Å²) < 4.78 is 16.7. The summed E-state index contributed by atoms with van der Waals surface area (Å²) in [6, 6.07) is -0.845. The molecule has 7 unspecified atom stereocenters. The zero-order valence-corrected chi connectivity index (χ0v) is 50.3. The Morgan fingerprint density at radius 3 is 1.37 bits per heavy atom. The summed E-state index contributed by atoms with van der Waals surface area (Å²) in [5.41, 5.74) is 0. The Labute approximate surface area is 483 Å². The van der Waals surface area contributed by atoms with Crippen LogP contribution < -0.4 is 5.32 Å². The van der Waals surface area contributed by atoms with E-state index in [9.17, 15) is 35.1 Å². The lowest BCUT2D eigenvalue weighted by Gasteiger charge is -2.40. The molecule has 6 N–H and O–H groups in total. The second-order valence-corrected chi connectivity index (χ2v) is 22.1. The van der Waals surface area contributed by atoms with Crippen molar-refractivity contribution in [1.82, 2.24) is 5.32 Å². The van der Waals surface area contributed by atoms with Crippen LogP contribution in [0.5, 0.6) is 0 Å². The summed E-state index contributed by atoms with van der Waals surface area (Å²) in [4.78, 5) is 25.1. The summed E-state index contributed by atoms with van der Waals surface area (Å²) >= 11 is 0. The van der Waals surface area contributed by atoms with Crippen LogP contribution in [0.4, 0.5) is 0 Å². The molecule has 1 fully saturated rings. The molecule has 1 heterocycles. The first-order chi connectivity index (χ1) is 38.7. The molecule has 1 aliphatic rings. The van der Waals surface area contributed by atoms with E-state index in [4.69, 9.17) is 14.2 Å². The van der Waals surface area contributed by atoms with Crippen molar-refractivity contribution in [2.75, 3.05) is 19.8 Å². The van der Waals surface area contributed by atoms with Gasteiger partial charge in [-0.25, -0.2) is 0 Å². The third-order valence-corrected chi connectivity index (χ3v) is 14.7. The summed E-state index contributed by atoms with van der Waals surface area (Å²) in [5.74, 6) is -0.230. The van der Waals surface area contributed by atoms with E-state index in [0.717, 1.165) is 116 Å². The van der Waals surface area contributed by atoms with E-state index in [1.165, 1.54) is 128 Å². The van der Waals surface area contributed by atoms with Crippen LogP contribution in [-0.4, -0.2) is 100 Å². The van der Waals surface area contributed by atoms with Crippen LogP contribution in [0.25, 0.3) is 0 Å². The Hall–Kier alpha value is -3.16. The number of esters is 1. The third kappa shape index (κ3) is 46.1. The Balaban J connectivity index is 2.08. The highest BCUT2D eigenvalue weighted by molar-refractivity contribution is 5.76. The minimum absolute atomic E-state index is 0.0211. The molecule has 0 aromatic rings. The van der Waals surface area contributed by atoms with Crippen molar-refractivity contribution < 1.29 is 49.3 Å². The van der Waals surface area contributed by atoms with Gasteiger partial charge >= 0.3 is 5.97 Å². The topological polar surface area (TPSA) is 175 Å². The predicted molar refractivity (Wildman–Crippen MR) is 329 cm³/mol. The van der Waals surface area contributed by atoms with Gasteiger partial charge in [0.2, 0.25) is 5.91 Å². The van der Waals surface area contributed by atoms with Gasteiger partial charge in [-0.1, -0.05) is 227 Å². The average Bonchev–Trinajstić information content (AvgIpc) is 3.48. The second kappa shape index (κ2) is 56.7. The number of rotatable bonds is 55. The SMILES string of the molecule is CCCC/C=C\C/C=C\CCCCCCCC(=O)OCCCCCCCCCCC/C=C\C/C=C\CCCCCCCCCC(=O)NC(COC1OC(CO)C(O)C(O)C1O)C(O)/C=C/CC/C=C/CC/C=C/CCCCCC. The van der Waals surface area contributed by atoms with Crippen molar-refractivity contribution in [3.05, 3.63) is 85.1 Å². The number of hydrogen-bond acceptors (Lipinski definition) is 10. The molecule has 11 heteroatoms. The molecule has 0 saturated carbocycles. The maximum absolute atomic E-state index is 13.0. The number of carbonyl (C=O) groups is 2. The van der Waals surface area contributed by atoms with Crippen molar-refractivity contribution >= 4 is 11.9 Å². The first kappa shape index (κ1) is 73.9. The van der Waals surface area contributed by atoms with E-state index in [1.54, 1.807) is 6.08 Å². The van der Waals surface area contributed by atoms with Crippen molar-refractivity contribution in [3.8, 4) is 0 Å². The van der Waals surface area contributed by atoms with Gasteiger partial charge in [-0.15, -0.1) is 0 Å². The maximum Gasteiger partial charge on any atom is 0.305 e.